The van der Waals surface area contributed by atoms with E-state index in [1.165, 1.54) is 7.11 Å². The predicted octanol–water partition coefficient (Wildman–Crippen LogP) is 1.46. The monoisotopic (exact) mass is 358 g/mol. The van der Waals surface area contributed by atoms with E-state index >= 15 is 0 Å². The third kappa shape index (κ3) is 3.11. The van der Waals surface area contributed by atoms with Crippen molar-refractivity contribution in [1.29, 1.82) is 0 Å². The first-order valence-electron chi connectivity index (χ1n) is 6.06. The summed E-state index contributed by atoms with van der Waals surface area (Å²) in [7, 11) is 1.37. The molecule has 1 atom stereocenters. The van der Waals surface area contributed by atoms with Crippen LogP contribution in [0.5, 0.6) is 0 Å². The number of ether oxygens (including phenoxy) is 2. The average molecular weight is 359 g/mol. The highest BCUT2D eigenvalue weighted by Gasteiger charge is 2.31. The Balaban J connectivity index is 2.42. The molecule has 1 aliphatic heterocycles. The van der Waals surface area contributed by atoms with Gasteiger partial charge in [-0.25, -0.2) is 4.79 Å². The summed E-state index contributed by atoms with van der Waals surface area (Å²) in [4.78, 5) is 14.1. The van der Waals surface area contributed by atoms with Gasteiger partial charge in [-0.1, -0.05) is 28.1 Å². The number of halogens is 1. The highest BCUT2D eigenvalue weighted by atomic mass is 79.9. The van der Waals surface area contributed by atoms with E-state index in [1.54, 1.807) is 0 Å². The van der Waals surface area contributed by atoms with Crippen molar-refractivity contribution in [2.75, 3.05) is 31.8 Å². The van der Waals surface area contributed by atoms with Crippen molar-refractivity contribution in [2.24, 2.45) is 5.73 Å². The lowest BCUT2D eigenvalue weighted by atomic mass is 10.1. The van der Waals surface area contributed by atoms with Crippen molar-refractivity contribution in [3.8, 4) is 0 Å². The number of carbonyl (C=O) groups excluding carboxylic acids is 1. The molecule has 1 heterocycles. The molecule has 1 unspecified atom stereocenters. The van der Waals surface area contributed by atoms with Crippen LogP contribution in [0.25, 0.3) is 0 Å². The molecule has 5 nitrogen and oxygen atoms in total. The van der Waals surface area contributed by atoms with Crippen LogP contribution < -0.4 is 10.6 Å². The van der Waals surface area contributed by atoms with Crippen molar-refractivity contribution >= 4 is 44.8 Å². The van der Waals surface area contributed by atoms with Crippen LogP contribution in [0.4, 0.5) is 5.69 Å². The third-order valence-electron chi connectivity index (χ3n) is 3.14. The zero-order valence-corrected chi connectivity index (χ0v) is 13.4. The molecule has 0 radical (unpaired) electrons. The standard InChI is InChI=1S/C13H15BrN2O3S/c1-18-13(17)11-7-19-5-4-16(11)10-3-2-8(14)6-9(10)12(15)20/h2-3,6,11H,4-5,7H2,1H3,(H2,15,20). The number of methoxy groups -OCH3 is 1. The Morgan fingerprint density at radius 3 is 3.00 bits per heavy atom. The molecule has 0 aliphatic carbocycles. The van der Waals surface area contributed by atoms with Crippen molar-refractivity contribution < 1.29 is 14.3 Å². The molecule has 2 N–H and O–H groups in total. The first-order valence-corrected chi connectivity index (χ1v) is 7.26. The molecule has 1 aromatic rings. The molecule has 0 amide bonds. The van der Waals surface area contributed by atoms with Gasteiger partial charge in [-0.15, -0.1) is 0 Å². The summed E-state index contributed by atoms with van der Waals surface area (Å²) in [6, 6.07) is 5.14. The maximum atomic E-state index is 11.9. The van der Waals surface area contributed by atoms with E-state index in [4.69, 9.17) is 27.4 Å². The Labute approximate surface area is 131 Å². The Morgan fingerprint density at radius 2 is 2.35 bits per heavy atom. The fourth-order valence-corrected chi connectivity index (χ4v) is 2.70. The Bertz CT molecular complexity index is 538. The van der Waals surface area contributed by atoms with E-state index < -0.39 is 6.04 Å². The number of anilines is 1. The molecule has 7 heteroatoms. The van der Waals surface area contributed by atoms with Gasteiger partial charge >= 0.3 is 5.97 Å². The van der Waals surface area contributed by atoms with Gasteiger partial charge in [0.2, 0.25) is 0 Å². The minimum Gasteiger partial charge on any atom is -0.467 e. The van der Waals surface area contributed by atoms with Crippen molar-refractivity contribution in [1.82, 2.24) is 0 Å². The van der Waals surface area contributed by atoms with Gasteiger partial charge in [0, 0.05) is 22.3 Å². The third-order valence-corrected chi connectivity index (χ3v) is 3.85. The maximum Gasteiger partial charge on any atom is 0.330 e. The van der Waals surface area contributed by atoms with Gasteiger partial charge in [0.15, 0.2) is 6.04 Å². The zero-order valence-electron chi connectivity index (χ0n) is 11.0. The lowest BCUT2D eigenvalue weighted by Crippen LogP contribution is -2.51. The van der Waals surface area contributed by atoms with E-state index in [0.717, 1.165) is 15.7 Å². The molecule has 1 saturated heterocycles. The Kier molecular flexibility index (Phi) is 4.95. The van der Waals surface area contributed by atoms with Crippen LogP contribution >= 0.6 is 28.1 Å². The van der Waals surface area contributed by atoms with Crippen molar-refractivity contribution in [2.45, 2.75) is 6.04 Å². The number of hydrogen-bond acceptors (Lipinski definition) is 5. The highest BCUT2D eigenvalue weighted by Crippen LogP contribution is 2.28. The summed E-state index contributed by atoms with van der Waals surface area (Å²) in [5.74, 6) is -0.332. The summed E-state index contributed by atoms with van der Waals surface area (Å²) < 4.78 is 11.1. The van der Waals surface area contributed by atoms with Gasteiger partial charge in [-0.05, 0) is 18.2 Å². The number of morpholine rings is 1. The smallest absolute Gasteiger partial charge is 0.330 e. The largest absolute Gasteiger partial charge is 0.467 e. The van der Waals surface area contributed by atoms with E-state index in [9.17, 15) is 4.79 Å². The van der Waals surface area contributed by atoms with E-state index in [1.807, 2.05) is 23.1 Å². The van der Waals surface area contributed by atoms with Gasteiger partial charge in [0.05, 0.1) is 20.3 Å². The molecular formula is C13H15BrN2O3S. The summed E-state index contributed by atoms with van der Waals surface area (Å²) in [6.45, 7) is 1.41. The van der Waals surface area contributed by atoms with E-state index in [-0.39, 0.29) is 11.0 Å². The number of nitrogens with zero attached hydrogens (tertiary/aromatic N) is 1. The van der Waals surface area contributed by atoms with Crippen molar-refractivity contribution in [3.05, 3.63) is 28.2 Å². The lowest BCUT2D eigenvalue weighted by molar-refractivity contribution is -0.144. The number of benzene rings is 1. The minimum absolute atomic E-state index is 0.288. The van der Waals surface area contributed by atoms with Crippen LogP contribution in [0.15, 0.2) is 22.7 Å². The Morgan fingerprint density at radius 1 is 1.60 bits per heavy atom. The second kappa shape index (κ2) is 6.51. The second-order valence-corrected chi connectivity index (χ2v) is 5.69. The summed E-state index contributed by atoms with van der Waals surface area (Å²) in [5, 5.41) is 0. The van der Waals surface area contributed by atoms with Gasteiger partial charge in [-0.3, -0.25) is 0 Å². The molecule has 1 fully saturated rings. The van der Waals surface area contributed by atoms with Crippen LogP contribution in [0.2, 0.25) is 0 Å². The molecule has 0 aromatic heterocycles. The molecule has 0 saturated carbocycles. The SMILES string of the molecule is COC(=O)C1COCCN1c1ccc(Br)cc1C(N)=S. The van der Waals surface area contributed by atoms with Crippen LogP contribution in [0, 0.1) is 0 Å². The molecule has 108 valence electrons. The van der Waals surface area contributed by atoms with Crippen LogP contribution in [0.1, 0.15) is 5.56 Å². The molecule has 0 bridgehead atoms. The van der Waals surface area contributed by atoms with Crippen LogP contribution in [-0.2, 0) is 14.3 Å². The molecule has 1 aromatic carbocycles. The number of esters is 1. The number of nitrogens with two attached hydrogens (primary N) is 1. The molecule has 0 spiro atoms. The number of carbonyl (C=O) groups is 1. The lowest BCUT2D eigenvalue weighted by Gasteiger charge is -2.36. The maximum absolute atomic E-state index is 11.9. The van der Waals surface area contributed by atoms with Crippen molar-refractivity contribution in [3.63, 3.8) is 0 Å². The first kappa shape index (κ1) is 15.2. The predicted molar refractivity (Wildman–Crippen MR) is 84.0 cm³/mol. The molecule has 1 aliphatic rings. The van der Waals surface area contributed by atoms with E-state index in [0.29, 0.717) is 19.8 Å². The van der Waals surface area contributed by atoms with Gasteiger partial charge in [0.25, 0.3) is 0 Å². The number of thiocarbonyl (C=S) groups is 1. The molecular weight excluding hydrogens is 344 g/mol. The molecule has 2 rings (SSSR count). The highest BCUT2D eigenvalue weighted by molar-refractivity contribution is 9.10. The minimum atomic E-state index is -0.483. The average Bonchev–Trinajstić information content (AvgIpc) is 2.46. The van der Waals surface area contributed by atoms with Crippen LogP contribution in [0.3, 0.4) is 0 Å². The fraction of sp³-hybridized carbons (Fsp3) is 0.385. The quantitative estimate of drug-likeness (QED) is 0.651. The van der Waals surface area contributed by atoms with Gasteiger partial charge in [0.1, 0.15) is 4.99 Å². The Hall–Kier alpha value is -1.18. The zero-order chi connectivity index (χ0) is 14.7. The number of hydrogen-bond donors (Lipinski definition) is 1. The summed E-state index contributed by atoms with van der Waals surface area (Å²) in [5.41, 5.74) is 7.33. The van der Waals surface area contributed by atoms with Gasteiger partial charge in [-0.2, -0.15) is 0 Å². The fourth-order valence-electron chi connectivity index (χ4n) is 2.18. The number of rotatable bonds is 3. The normalized spacial score (nSPS) is 18.7. The topological polar surface area (TPSA) is 64.8 Å². The van der Waals surface area contributed by atoms with E-state index in [2.05, 4.69) is 15.9 Å². The summed E-state index contributed by atoms with van der Waals surface area (Å²) >= 11 is 8.49. The second-order valence-electron chi connectivity index (χ2n) is 4.33. The first-order chi connectivity index (χ1) is 9.54. The van der Waals surface area contributed by atoms with Gasteiger partial charge < -0.3 is 20.1 Å². The molecule has 20 heavy (non-hydrogen) atoms. The summed E-state index contributed by atoms with van der Waals surface area (Å²) in [6.07, 6.45) is 0. The van der Waals surface area contributed by atoms with Crippen LogP contribution in [-0.4, -0.2) is 43.9 Å².